The van der Waals surface area contributed by atoms with Gasteiger partial charge in [0.1, 0.15) is 11.6 Å². The molecule has 0 bridgehead atoms. The molecule has 28 heavy (non-hydrogen) atoms. The molecule has 1 aliphatic carbocycles. The van der Waals surface area contributed by atoms with E-state index in [0.717, 1.165) is 17.4 Å². The highest BCUT2D eigenvalue weighted by Crippen LogP contribution is 2.49. The Bertz CT molecular complexity index is 831. The normalized spacial score (nSPS) is 19.9. The van der Waals surface area contributed by atoms with Crippen LogP contribution in [0.2, 0.25) is 0 Å². The van der Waals surface area contributed by atoms with E-state index in [-0.39, 0.29) is 35.3 Å². The van der Waals surface area contributed by atoms with Crippen LogP contribution in [0.3, 0.4) is 0 Å². The van der Waals surface area contributed by atoms with Gasteiger partial charge in [-0.3, -0.25) is 4.79 Å². The molecule has 3 atom stereocenters. The van der Waals surface area contributed by atoms with Crippen LogP contribution in [0, 0.1) is 17.6 Å². The van der Waals surface area contributed by atoms with Crippen molar-refractivity contribution in [2.24, 2.45) is 5.92 Å². The number of benzene rings is 1. The minimum absolute atomic E-state index is 0.0161. The summed E-state index contributed by atoms with van der Waals surface area (Å²) in [5.74, 6) is -1.53. The summed E-state index contributed by atoms with van der Waals surface area (Å²) in [4.78, 5) is 12.9. The van der Waals surface area contributed by atoms with E-state index in [9.17, 15) is 26.7 Å². The fourth-order valence-electron chi connectivity index (χ4n) is 3.08. The molecule has 1 N–H and O–H groups in total. The van der Waals surface area contributed by atoms with E-state index in [2.05, 4.69) is 10.1 Å². The molecule has 0 saturated heterocycles. The number of hydrogen-bond donors (Lipinski definition) is 1. The maximum Gasteiger partial charge on any atom is 0.422 e. The van der Waals surface area contributed by atoms with Crippen molar-refractivity contribution in [1.82, 2.24) is 5.32 Å². The molecule has 1 saturated carbocycles. The summed E-state index contributed by atoms with van der Waals surface area (Å²) >= 11 is 1.04. The largest absolute Gasteiger partial charge is 0.475 e. The molecule has 0 spiro atoms. The molecular weight excluding hydrogens is 401 g/mol. The Morgan fingerprint density at radius 1 is 1.25 bits per heavy atom. The van der Waals surface area contributed by atoms with E-state index in [4.69, 9.17) is 0 Å². The molecule has 1 amide bonds. The predicted molar refractivity (Wildman–Crippen MR) is 94.2 cm³/mol. The minimum Gasteiger partial charge on any atom is -0.475 e. The first-order chi connectivity index (χ1) is 13.1. The van der Waals surface area contributed by atoms with Crippen LogP contribution in [0.4, 0.5) is 22.0 Å². The van der Waals surface area contributed by atoms with Crippen LogP contribution in [0.5, 0.6) is 5.06 Å². The van der Waals surface area contributed by atoms with Crippen molar-refractivity contribution in [2.75, 3.05) is 6.61 Å². The third-order valence-corrected chi connectivity index (χ3v) is 5.65. The van der Waals surface area contributed by atoms with Gasteiger partial charge in [-0.1, -0.05) is 0 Å². The molecule has 0 unspecified atom stereocenters. The molecule has 9 heteroatoms. The number of carbonyl (C=O) groups excluding carboxylic acids is 1. The first-order valence-corrected chi connectivity index (χ1v) is 9.47. The Labute approximate surface area is 162 Å². The first kappa shape index (κ1) is 20.6. The number of hydrogen-bond acceptors (Lipinski definition) is 3. The topological polar surface area (TPSA) is 38.3 Å². The number of alkyl halides is 3. The maximum atomic E-state index is 13.3. The van der Waals surface area contributed by atoms with Gasteiger partial charge in [-0.2, -0.15) is 13.2 Å². The zero-order valence-corrected chi connectivity index (χ0v) is 15.7. The molecular formula is C19H18F5NO2S. The minimum atomic E-state index is -4.41. The average molecular weight is 419 g/mol. The van der Waals surface area contributed by atoms with Crippen LogP contribution >= 0.6 is 11.3 Å². The van der Waals surface area contributed by atoms with Gasteiger partial charge in [0.15, 0.2) is 11.7 Å². The van der Waals surface area contributed by atoms with Crippen molar-refractivity contribution in [3.05, 3.63) is 52.4 Å². The molecule has 1 fully saturated rings. The standard InChI is InChI=1S/C19H18F5NO2S/c1-10(16-2-3-18(28-16)27-9-19(22,23)24)25-17(26)7-12-6-15(12)11-4-13(20)8-14(21)5-11/h2-5,8,10,12,15H,6-7,9H2,1H3,(H,25,26)/t10-,12-,15+/m1/s1. The van der Waals surface area contributed by atoms with E-state index in [1.54, 1.807) is 13.0 Å². The Morgan fingerprint density at radius 2 is 1.93 bits per heavy atom. The Hall–Kier alpha value is -2.16. The average Bonchev–Trinajstić information content (AvgIpc) is 3.15. The second-order valence-corrected chi connectivity index (χ2v) is 7.94. The van der Waals surface area contributed by atoms with E-state index >= 15 is 0 Å². The maximum absolute atomic E-state index is 13.3. The van der Waals surface area contributed by atoms with E-state index in [0.29, 0.717) is 16.9 Å². The summed E-state index contributed by atoms with van der Waals surface area (Å²) in [6.07, 6.45) is -3.51. The Morgan fingerprint density at radius 3 is 2.57 bits per heavy atom. The highest BCUT2D eigenvalue weighted by molar-refractivity contribution is 7.13. The van der Waals surface area contributed by atoms with Crippen molar-refractivity contribution < 1.29 is 31.5 Å². The van der Waals surface area contributed by atoms with Crippen LogP contribution in [-0.2, 0) is 4.79 Å². The lowest BCUT2D eigenvalue weighted by Crippen LogP contribution is -2.26. The monoisotopic (exact) mass is 419 g/mol. The molecule has 0 aliphatic heterocycles. The van der Waals surface area contributed by atoms with Crippen molar-refractivity contribution in [2.45, 2.75) is 37.9 Å². The molecule has 152 valence electrons. The van der Waals surface area contributed by atoms with Crippen LogP contribution in [0.1, 0.15) is 42.2 Å². The summed E-state index contributed by atoms with van der Waals surface area (Å²) < 4.78 is 67.8. The molecule has 2 aromatic rings. The molecule has 1 aromatic carbocycles. The summed E-state index contributed by atoms with van der Waals surface area (Å²) in [5, 5.41) is 2.92. The number of thiophene rings is 1. The zero-order chi connectivity index (χ0) is 20.5. The van der Waals surface area contributed by atoms with E-state index in [1.165, 1.54) is 18.2 Å². The van der Waals surface area contributed by atoms with Gasteiger partial charge in [-0.25, -0.2) is 8.78 Å². The molecule has 1 heterocycles. The smallest absolute Gasteiger partial charge is 0.422 e. The zero-order valence-electron chi connectivity index (χ0n) is 14.9. The molecule has 0 radical (unpaired) electrons. The number of nitrogens with one attached hydrogen (secondary N) is 1. The fraction of sp³-hybridized carbons (Fsp3) is 0.421. The number of amides is 1. The fourth-order valence-corrected chi connectivity index (χ4v) is 3.94. The van der Waals surface area contributed by atoms with Crippen LogP contribution in [-0.4, -0.2) is 18.7 Å². The number of ether oxygens (including phenoxy) is 1. The van der Waals surface area contributed by atoms with Crippen molar-refractivity contribution >= 4 is 17.2 Å². The highest BCUT2D eigenvalue weighted by atomic mass is 32.1. The van der Waals surface area contributed by atoms with Crippen LogP contribution < -0.4 is 10.1 Å². The quantitative estimate of drug-likeness (QED) is 0.616. The number of rotatable bonds is 7. The first-order valence-electron chi connectivity index (χ1n) is 8.65. The number of halogens is 5. The summed E-state index contributed by atoms with van der Waals surface area (Å²) in [5.41, 5.74) is 0.549. The molecule has 3 rings (SSSR count). The Balaban J connectivity index is 1.48. The SMILES string of the molecule is C[C@@H](NC(=O)C[C@H]1C[C@H]1c1cc(F)cc(F)c1)c1ccc(OCC(F)(F)F)s1. The second-order valence-electron chi connectivity index (χ2n) is 6.86. The Kier molecular flexibility index (Phi) is 5.92. The van der Waals surface area contributed by atoms with Gasteiger partial charge >= 0.3 is 6.18 Å². The lowest BCUT2D eigenvalue weighted by Gasteiger charge is -2.12. The third kappa shape index (κ3) is 5.67. The van der Waals surface area contributed by atoms with Gasteiger partial charge in [0.25, 0.3) is 0 Å². The lowest BCUT2D eigenvalue weighted by atomic mass is 10.1. The highest BCUT2D eigenvalue weighted by Gasteiger charge is 2.40. The van der Waals surface area contributed by atoms with Gasteiger partial charge in [-0.05, 0) is 55.0 Å². The third-order valence-electron chi connectivity index (χ3n) is 4.47. The van der Waals surface area contributed by atoms with Gasteiger partial charge in [0, 0.05) is 17.4 Å². The van der Waals surface area contributed by atoms with E-state index in [1.807, 2.05) is 0 Å². The van der Waals surface area contributed by atoms with Gasteiger partial charge in [0.05, 0.1) is 6.04 Å². The second kappa shape index (κ2) is 8.06. The number of carbonyl (C=O) groups is 1. The van der Waals surface area contributed by atoms with Crippen molar-refractivity contribution in [1.29, 1.82) is 0 Å². The van der Waals surface area contributed by atoms with Crippen LogP contribution in [0.25, 0.3) is 0 Å². The summed E-state index contributed by atoms with van der Waals surface area (Å²) in [7, 11) is 0. The van der Waals surface area contributed by atoms with Gasteiger partial charge in [0.2, 0.25) is 5.91 Å². The molecule has 3 nitrogen and oxygen atoms in total. The van der Waals surface area contributed by atoms with Crippen molar-refractivity contribution in [3.63, 3.8) is 0 Å². The lowest BCUT2D eigenvalue weighted by molar-refractivity contribution is -0.152. The molecule has 1 aliphatic rings. The van der Waals surface area contributed by atoms with E-state index < -0.39 is 24.4 Å². The summed E-state index contributed by atoms with van der Waals surface area (Å²) in [6, 6.07) is 6.03. The van der Waals surface area contributed by atoms with Gasteiger partial charge < -0.3 is 10.1 Å². The van der Waals surface area contributed by atoms with Crippen molar-refractivity contribution in [3.8, 4) is 5.06 Å². The van der Waals surface area contributed by atoms with Crippen LogP contribution in [0.15, 0.2) is 30.3 Å². The summed E-state index contributed by atoms with van der Waals surface area (Å²) in [6.45, 7) is 0.362. The predicted octanol–water partition coefficient (Wildman–Crippen LogP) is 5.34. The van der Waals surface area contributed by atoms with Gasteiger partial charge in [-0.15, -0.1) is 11.3 Å². The molecule has 1 aromatic heterocycles.